The van der Waals surface area contributed by atoms with E-state index in [1.54, 1.807) is 4.90 Å². The second-order valence-electron chi connectivity index (χ2n) is 2.93. The van der Waals surface area contributed by atoms with Crippen LogP contribution in [0.5, 0.6) is 0 Å². The lowest BCUT2D eigenvalue weighted by atomic mass is 10.4. The number of rotatable bonds is 9. The number of alkyl halides is 3. The van der Waals surface area contributed by atoms with Crippen molar-refractivity contribution in [1.29, 1.82) is 0 Å². The molecule has 0 aliphatic heterocycles. The molecule has 0 heterocycles. The maximum Gasteiger partial charge on any atom is 0.251 e. The van der Waals surface area contributed by atoms with E-state index in [0.717, 1.165) is 24.5 Å². The zero-order valence-electron chi connectivity index (χ0n) is 8.52. The molecule has 0 amide bonds. The van der Waals surface area contributed by atoms with Crippen molar-refractivity contribution in [2.75, 3.05) is 37.0 Å². The van der Waals surface area contributed by atoms with E-state index in [1.165, 1.54) is 0 Å². The summed E-state index contributed by atoms with van der Waals surface area (Å²) < 4.78 is 24.2. The molecule has 0 bridgehead atoms. The molecule has 0 aromatic carbocycles. The summed E-state index contributed by atoms with van der Waals surface area (Å²) >= 11 is 7.37. The molecule has 0 aromatic heterocycles. The first kappa shape index (κ1) is 14.5. The first-order valence-electron chi connectivity index (χ1n) is 4.85. The molecular formula is C9H18ClF2NS. The van der Waals surface area contributed by atoms with E-state index >= 15 is 0 Å². The minimum Gasteiger partial charge on any atom is -0.297 e. The number of thioether (sulfide) groups is 1. The first-order valence-corrected chi connectivity index (χ1v) is 6.53. The highest BCUT2D eigenvalue weighted by molar-refractivity contribution is 7.99. The van der Waals surface area contributed by atoms with Gasteiger partial charge in [-0.3, -0.25) is 4.90 Å². The van der Waals surface area contributed by atoms with E-state index in [9.17, 15) is 8.78 Å². The van der Waals surface area contributed by atoms with Crippen molar-refractivity contribution in [1.82, 2.24) is 4.90 Å². The van der Waals surface area contributed by atoms with Gasteiger partial charge in [-0.2, -0.15) is 11.8 Å². The Hall–Kier alpha value is 0.460. The fourth-order valence-corrected chi connectivity index (χ4v) is 2.00. The van der Waals surface area contributed by atoms with Gasteiger partial charge in [0, 0.05) is 12.4 Å². The highest BCUT2D eigenvalue weighted by Gasteiger charge is 2.10. The molecular weight excluding hydrogens is 228 g/mol. The van der Waals surface area contributed by atoms with Gasteiger partial charge in [-0.1, -0.05) is 6.92 Å². The standard InChI is InChI=1S/C9H18ClF2NS/c1-2-14-7-3-5-13(6-4-10)8-9(11)12/h9H,2-8H2,1H3. The number of nitrogens with zero attached hydrogens (tertiary/aromatic N) is 1. The predicted octanol–water partition coefficient (Wildman–Crippen LogP) is 2.94. The minimum atomic E-state index is -2.25. The summed E-state index contributed by atoms with van der Waals surface area (Å²) in [5, 5.41) is 0. The lowest BCUT2D eigenvalue weighted by Crippen LogP contribution is -2.32. The van der Waals surface area contributed by atoms with Gasteiger partial charge in [0.15, 0.2) is 0 Å². The zero-order valence-corrected chi connectivity index (χ0v) is 10.1. The Morgan fingerprint density at radius 2 is 2.07 bits per heavy atom. The number of hydrogen-bond donors (Lipinski definition) is 0. The van der Waals surface area contributed by atoms with Crippen LogP contribution in [0.15, 0.2) is 0 Å². The van der Waals surface area contributed by atoms with Crippen LogP contribution in [-0.4, -0.2) is 48.3 Å². The molecule has 0 radical (unpaired) electrons. The van der Waals surface area contributed by atoms with E-state index in [0.29, 0.717) is 12.4 Å². The van der Waals surface area contributed by atoms with Gasteiger partial charge in [0.25, 0.3) is 6.43 Å². The largest absolute Gasteiger partial charge is 0.297 e. The molecule has 0 aromatic rings. The van der Waals surface area contributed by atoms with Crippen LogP contribution in [0, 0.1) is 0 Å². The molecule has 5 heteroatoms. The van der Waals surface area contributed by atoms with Crippen molar-refractivity contribution in [3.8, 4) is 0 Å². The van der Waals surface area contributed by atoms with Crippen LogP contribution < -0.4 is 0 Å². The highest BCUT2D eigenvalue weighted by atomic mass is 35.5. The van der Waals surface area contributed by atoms with Crippen LogP contribution in [0.25, 0.3) is 0 Å². The van der Waals surface area contributed by atoms with Crippen molar-refractivity contribution < 1.29 is 8.78 Å². The summed E-state index contributed by atoms with van der Waals surface area (Å²) in [7, 11) is 0. The molecule has 0 unspecified atom stereocenters. The molecule has 0 spiro atoms. The van der Waals surface area contributed by atoms with E-state index in [4.69, 9.17) is 11.6 Å². The van der Waals surface area contributed by atoms with E-state index in [-0.39, 0.29) is 6.54 Å². The van der Waals surface area contributed by atoms with Crippen LogP contribution in [0.2, 0.25) is 0 Å². The van der Waals surface area contributed by atoms with Crippen molar-refractivity contribution in [3.63, 3.8) is 0 Å². The average Bonchev–Trinajstić information content (AvgIpc) is 2.12. The third-order valence-electron chi connectivity index (χ3n) is 1.76. The Balaban J connectivity index is 3.51. The smallest absolute Gasteiger partial charge is 0.251 e. The first-order chi connectivity index (χ1) is 6.70. The third kappa shape index (κ3) is 9.03. The second-order valence-corrected chi connectivity index (χ2v) is 4.70. The van der Waals surface area contributed by atoms with E-state index < -0.39 is 6.43 Å². The quantitative estimate of drug-likeness (QED) is 0.454. The minimum absolute atomic E-state index is 0.149. The fraction of sp³-hybridized carbons (Fsp3) is 1.00. The molecule has 0 rings (SSSR count). The summed E-state index contributed by atoms with van der Waals surface area (Å²) in [6, 6.07) is 0. The maximum atomic E-state index is 12.1. The Bertz CT molecular complexity index is 127. The molecule has 0 saturated carbocycles. The number of hydrogen-bond acceptors (Lipinski definition) is 2. The van der Waals surface area contributed by atoms with Gasteiger partial charge in [-0.15, -0.1) is 11.6 Å². The van der Waals surface area contributed by atoms with E-state index in [2.05, 4.69) is 6.92 Å². The summed E-state index contributed by atoms with van der Waals surface area (Å²) in [5.41, 5.74) is 0. The van der Waals surface area contributed by atoms with Gasteiger partial charge in [-0.25, -0.2) is 8.78 Å². The molecule has 14 heavy (non-hydrogen) atoms. The van der Waals surface area contributed by atoms with Crippen LogP contribution in [0.4, 0.5) is 8.78 Å². The predicted molar refractivity (Wildman–Crippen MR) is 60.8 cm³/mol. The fourth-order valence-electron chi connectivity index (χ4n) is 1.14. The summed E-state index contributed by atoms with van der Waals surface area (Å²) in [4.78, 5) is 1.73. The molecule has 0 fully saturated rings. The summed E-state index contributed by atoms with van der Waals surface area (Å²) in [6.45, 7) is 3.23. The van der Waals surface area contributed by atoms with Crippen LogP contribution in [0.1, 0.15) is 13.3 Å². The Kier molecular flexibility index (Phi) is 10.3. The van der Waals surface area contributed by atoms with Crippen molar-refractivity contribution in [2.45, 2.75) is 19.8 Å². The SMILES string of the molecule is CCSCCCN(CCCl)CC(F)F. The van der Waals surface area contributed by atoms with Gasteiger partial charge in [0.05, 0.1) is 6.54 Å². The molecule has 0 aliphatic rings. The normalized spacial score (nSPS) is 11.6. The van der Waals surface area contributed by atoms with Gasteiger partial charge in [0.1, 0.15) is 0 Å². The van der Waals surface area contributed by atoms with Crippen molar-refractivity contribution in [2.24, 2.45) is 0 Å². The Morgan fingerprint density at radius 1 is 1.36 bits per heavy atom. The molecule has 0 N–H and O–H groups in total. The molecule has 1 nitrogen and oxygen atoms in total. The van der Waals surface area contributed by atoms with Gasteiger partial charge >= 0.3 is 0 Å². The lowest BCUT2D eigenvalue weighted by molar-refractivity contribution is 0.0914. The molecule has 0 atom stereocenters. The second kappa shape index (κ2) is 9.99. The zero-order chi connectivity index (χ0) is 10.8. The maximum absolute atomic E-state index is 12.1. The summed E-state index contributed by atoms with van der Waals surface area (Å²) in [5.74, 6) is 2.55. The highest BCUT2D eigenvalue weighted by Crippen LogP contribution is 2.04. The van der Waals surface area contributed by atoms with Crippen molar-refractivity contribution >= 4 is 23.4 Å². The van der Waals surface area contributed by atoms with Crippen molar-refractivity contribution in [3.05, 3.63) is 0 Å². The average molecular weight is 246 g/mol. The molecule has 0 saturated heterocycles. The van der Waals surface area contributed by atoms with Crippen LogP contribution >= 0.6 is 23.4 Å². The van der Waals surface area contributed by atoms with Crippen LogP contribution in [0.3, 0.4) is 0 Å². The van der Waals surface area contributed by atoms with Gasteiger partial charge in [-0.05, 0) is 24.5 Å². The molecule has 0 aliphatic carbocycles. The lowest BCUT2D eigenvalue weighted by Gasteiger charge is -2.20. The molecule has 86 valence electrons. The third-order valence-corrected chi connectivity index (χ3v) is 2.92. The van der Waals surface area contributed by atoms with E-state index in [1.807, 2.05) is 11.8 Å². The Labute approximate surface area is 94.2 Å². The summed E-state index contributed by atoms with van der Waals surface area (Å²) in [6.07, 6.45) is -1.29. The van der Waals surface area contributed by atoms with Gasteiger partial charge < -0.3 is 0 Å². The van der Waals surface area contributed by atoms with Gasteiger partial charge in [0.2, 0.25) is 0 Å². The van der Waals surface area contributed by atoms with Crippen LogP contribution in [-0.2, 0) is 0 Å². The number of halogens is 3. The monoisotopic (exact) mass is 245 g/mol. The topological polar surface area (TPSA) is 3.24 Å². The Morgan fingerprint density at radius 3 is 2.57 bits per heavy atom.